The highest BCUT2D eigenvalue weighted by Crippen LogP contribution is 2.16. The SMILES string of the molecule is NC(=O)C1CCN(C(=O)CN2CCNC(=O)C2)CC1. The van der Waals surface area contributed by atoms with Crippen LogP contribution in [0.2, 0.25) is 0 Å². The number of amides is 3. The molecule has 106 valence electrons. The summed E-state index contributed by atoms with van der Waals surface area (Å²) in [5.74, 6) is -0.395. The summed E-state index contributed by atoms with van der Waals surface area (Å²) in [6.45, 7) is 3.00. The highest BCUT2D eigenvalue weighted by atomic mass is 16.2. The number of hydrogen-bond acceptors (Lipinski definition) is 4. The van der Waals surface area contributed by atoms with E-state index in [0.29, 0.717) is 39.0 Å². The second kappa shape index (κ2) is 6.01. The molecule has 3 N–H and O–H groups in total. The summed E-state index contributed by atoms with van der Waals surface area (Å²) < 4.78 is 0. The third-order valence-electron chi connectivity index (χ3n) is 3.73. The van der Waals surface area contributed by atoms with Gasteiger partial charge in [-0.2, -0.15) is 0 Å². The molecule has 2 aliphatic heterocycles. The predicted molar refractivity (Wildman–Crippen MR) is 67.9 cm³/mol. The van der Waals surface area contributed by atoms with Crippen LogP contribution in [0.5, 0.6) is 0 Å². The maximum Gasteiger partial charge on any atom is 0.236 e. The molecular formula is C12H20N4O3. The number of carbonyl (C=O) groups excluding carboxylic acids is 3. The van der Waals surface area contributed by atoms with E-state index in [-0.39, 0.29) is 36.7 Å². The lowest BCUT2D eigenvalue weighted by molar-refractivity contribution is -0.137. The summed E-state index contributed by atoms with van der Waals surface area (Å²) in [4.78, 5) is 38.0. The van der Waals surface area contributed by atoms with Gasteiger partial charge in [0.15, 0.2) is 0 Å². The molecule has 2 rings (SSSR count). The van der Waals surface area contributed by atoms with Crippen molar-refractivity contribution in [2.45, 2.75) is 12.8 Å². The van der Waals surface area contributed by atoms with E-state index in [2.05, 4.69) is 5.32 Å². The Kier molecular flexibility index (Phi) is 4.36. The Labute approximate surface area is 112 Å². The van der Waals surface area contributed by atoms with Gasteiger partial charge in [0, 0.05) is 32.1 Å². The van der Waals surface area contributed by atoms with Gasteiger partial charge in [0.2, 0.25) is 17.7 Å². The number of piperidine rings is 1. The summed E-state index contributed by atoms with van der Waals surface area (Å²) in [5.41, 5.74) is 5.26. The van der Waals surface area contributed by atoms with E-state index < -0.39 is 0 Å². The first-order chi connectivity index (χ1) is 9.06. The molecule has 2 saturated heterocycles. The number of hydrogen-bond donors (Lipinski definition) is 2. The van der Waals surface area contributed by atoms with Crippen LogP contribution in [-0.2, 0) is 14.4 Å². The van der Waals surface area contributed by atoms with Crippen LogP contribution in [0, 0.1) is 5.92 Å². The van der Waals surface area contributed by atoms with Gasteiger partial charge >= 0.3 is 0 Å². The number of nitrogens with zero attached hydrogens (tertiary/aromatic N) is 2. The molecule has 0 aromatic carbocycles. The normalized spacial score (nSPS) is 22.1. The number of likely N-dealkylation sites (tertiary alicyclic amines) is 1. The summed E-state index contributed by atoms with van der Waals surface area (Å²) >= 11 is 0. The Morgan fingerprint density at radius 3 is 2.53 bits per heavy atom. The van der Waals surface area contributed by atoms with E-state index in [1.807, 2.05) is 4.90 Å². The van der Waals surface area contributed by atoms with Gasteiger partial charge in [0.1, 0.15) is 0 Å². The minimum atomic E-state index is -0.278. The van der Waals surface area contributed by atoms with Gasteiger partial charge in [-0.1, -0.05) is 0 Å². The van der Waals surface area contributed by atoms with Crippen LogP contribution < -0.4 is 11.1 Å². The molecular weight excluding hydrogens is 248 g/mol. The van der Waals surface area contributed by atoms with Crippen molar-refractivity contribution < 1.29 is 14.4 Å². The number of nitrogens with one attached hydrogen (secondary N) is 1. The highest BCUT2D eigenvalue weighted by Gasteiger charge is 2.27. The Hall–Kier alpha value is -1.63. The van der Waals surface area contributed by atoms with Gasteiger partial charge in [-0.3, -0.25) is 19.3 Å². The van der Waals surface area contributed by atoms with Crippen LogP contribution in [0.25, 0.3) is 0 Å². The van der Waals surface area contributed by atoms with Gasteiger partial charge in [-0.25, -0.2) is 0 Å². The number of primary amides is 1. The van der Waals surface area contributed by atoms with Crippen molar-refractivity contribution in [1.82, 2.24) is 15.1 Å². The van der Waals surface area contributed by atoms with Gasteiger partial charge in [0.25, 0.3) is 0 Å². The second-order valence-corrected chi connectivity index (χ2v) is 5.12. The molecule has 2 aliphatic rings. The van der Waals surface area contributed by atoms with Crippen LogP contribution in [0.1, 0.15) is 12.8 Å². The highest BCUT2D eigenvalue weighted by molar-refractivity contribution is 5.82. The molecule has 0 aromatic heterocycles. The van der Waals surface area contributed by atoms with E-state index in [9.17, 15) is 14.4 Å². The molecule has 0 bridgehead atoms. The predicted octanol–water partition coefficient (Wildman–Crippen LogP) is -1.86. The molecule has 0 aromatic rings. The molecule has 2 fully saturated rings. The quantitative estimate of drug-likeness (QED) is 0.627. The first-order valence-corrected chi connectivity index (χ1v) is 6.62. The zero-order valence-corrected chi connectivity index (χ0v) is 10.9. The fourth-order valence-corrected chi connectivity index (χ4v) is 2.53. The first kappa shape index (κ1) is 13.8. The van der Waals surface area contributed by atoms with Crippen LogP contribution in [0.3, 0.4) is 0 Å². The molecule has 2 heterocycles. The van der Waals surface area contributed by atoms with Crippen LogP contribution >= 0.6 is 0 Å². The number of carbonyl (C=O) groups is 3. The maximum absolute atomic E-state index is 12.1. The van der Waals surface area contributed by atoms with E-state index >= 15 is 0 Å². The fraction of sp³-hybridized carbons (Fsp3) is 0.750. The van der Waals surface area contributed by atoms with Gasteiger partial charge in [0.05, 0.1) is 13.1 Å². The van der Waals surface area contributed by atoms with E-state index in [0.717, 1.165) is 0 Å². The third kappa shape index (κ3) is 3.66. The van der Waals surface area contributed by atoms with Crippen molar-refractivity contribution in [2.75, 3.05) is 39.3 Å². The van der Waals surface area contributed by atoms with E-state index in [4.69, 9.17) is 5.73 Å². The van der Waals surface area contributed by atoms with E-state index in [1.165, 1.54) is 0 Å². The van der Waals surface area contributed by atoms with Crippen molar-refractivity contribution in [2.24, 2.45) is 11.7 Å². The minimum Gasteiger partial charge on any atom is -0.369 e. The van der Waals surface area contributed by atoms with Crippen LogP contribution in [0.4, 0.5) is 0 Å². The minimum absolute atomic E-state index is 0.0256. The first-order valence-electron chi connectivity index (χ1n) is 6.62. The lowest BCUT2D eigenvalue weighted by Gasteiger charge is -2.33. The topological polar surface area (TPSA) is 95.7 Å². The van der Waals surface area contributed by atoms with E-state index in [1.54, 1.807) is 4.90 Å². The second-order valence-electron chi connectivity index (χ2n) is 5.12. The molecule has 0 atom stereocenters. The number of rotatable bonds is 3. The van der Waals surface area contributed by atoms with Gasteiger partial charge in [-0.05, 0) is 12.8 Å². The smallest absolute Gasteiger partial charge is 0.236 e. The summed E-state index contributed by atoms with van der Waals surface area (Å²) in [5, 5.41) is 2.73. The van der Waals surface area contributed by atoms with Crippen molar-refractivity contribution in [3.63, 3.8) is 0 Å². The monoisotopic (exact) mass is 268 g/mol. The van der Waals surface area contributed by atoms with Crippen molar-refractivity contribution in [3.05, 3.63) is 0 Å². The Morgan fingerprint density at radius 1 is 1.26 bits per heavy atom. The zero-order chi connectivity index (χ0) is 13.8. The third-order valence-corrected chi connectivity index (χ3v) is 3.73. The standard InChI is InChI=1S/C12H20N4O3/c13-12(19)9-1-4-16(5-2-9)11(18)8-15-6-3-14-10(17)7-15/h9H,1-8H2,(H2,13,19)(H,14,17). The fourth-order valence-electron chi connectivity index (χ4n) is 2.53. The molecule has 7 heteroatoms. The average Bonchev–Trinajstić information content (AvgIpc) is 2.39. The molecule has 0 radical (unpaired) electrons. The Morgan fingerprint density at radius 2 is 1.95 bits per heavy atom. The molecule has 7 nitrogen and oxygen atoms in total. The Bertz CT molecular complexity index is 377. The lowest BCUT2D eigenvalue weighted by Crippen LogP contribution is -2.52. The maximum atomic E-state index is 12.1. The summed E-state index contributed by atoms with van der Waals surface area (Å²) in [6, 6.07) is 0. The van der Waals surface area contributed by atoms with Crippen molar-refractivity contribution in [3.8, 4) is 0 Å². The van der Waals surface area contributed by atoms with Crippen molar-refractivity contribution >= 4 is 17.7 Å². The number of piperazine rings is 1. The summed E-state index contributed by atoms with van der Waals surface area (Å²) in [6.07, 6.45) is 1.28. The largest absolute Gasteiger partial charge is 0.369 e. The number of nitrogens with two attached hydrogens (primary N) is 1. The molecule has 3 amide bonds. The summed E-state index contributed by atoms with van der Waals surface area (Å²) in [7, 11) is 0. The zero-order valence-electron chi connectivity index (χ0n) is 10.9. The molecule has 19 heavy (non-hydrogen) atoms. The molecule has 0 spiro atoms. The lowest BCUT2D eigenvalue weighted by atomic mass is 9.96. The van der Waals surface area contributed by atoms with Gasteiger partial charge in [-0.15, -0.1) is 0 Å². The van der Waals surface area contributed by atoms with Crippen LogP contribution in [0.15, 0.2) is 0 Å². The van der Waals surface area contributed by atoms with Crippen molar-refractivity contribution in [1.29, 1.82) is 0 Å². The van der Waals surface area contributed by atoms with Gasteiger partial charge < -0.3 is 16.0 Å². The molecule has 0 saturated carbocycles. The Balaban J connectivity index is 1.78. The molecule has 0 aliphatic carbocycles. The van der Waals surface area contributed by atoms with Crippen LogP contribution in [-0.4, -0.2) is 66.8 Å². The average molecular weight is 268 g/mol. The molecule has 0 unspecified atom stereocenters.